The highest BCUT2D eigenvalue weighted by atomic mass is 16.3. The van der Waals surface area contributed by atoms with Crippen LogP contribution in [0.2, 0.25) is 0 Å². The van der Waals surface area contributed by atoms with Gasteiger partial charge in [0.15, 0.2) is 0 Å². The molecule has 1 N–H and O–H groups in total. The highest BCUT2D eigenvalue weighted by Gasteiger charge is 2.28. The molecule has 0 bridgehead atoms. The molecule has 1 aliphatic carbocycles. The van der Waals surface area contributed by atoms with Gasteiger partial charge in [-0.25, -0.2) is 0 Å². The van der Waals surface area contributed by atoms with Crippen LogP contribution >= 0.6 is 0 Å². The molecule has 0 saturated heterocycles. The summed E-state index contributed by atoms with van der Waals surface area (Å²) in [7, 11) is 0. The van der Waals surface area contributed by atoms with Crippen LogP contribution in [-0.2, 0) is 4.79 Å². The fourth-order valence-electron chi connectivity index (χ4n) is 3.17. The molecule has 3 heteroatoms. The largest absolute Gasteiger partial charge is 0.395 e. The lowest BCUT2D eigenvalue weighted by Crippen LogP contribution is -2.39. The van der Waals surface area contributed by atoms with E-state index in [0.717, 1.165) is 31.7 Å². The van der Waals surface area contributed by atoms with Gasteiger partial charge in [-0.3, -0.25) is 4.79 Å². The molecule has 1 fully saturated rings. The Morgan fingerprint density at radius 2 is 1.79 bits per heavy atom. The van der Waals surface area contributed by atoms with Gasteiger partial charge in [0.2, 0.25) is 5.91 Å². The number of carbonyl (C=O) groups excluding carboxylic acids is 1. The average Bonchev–Trinajstić information content (AvgIpc) is 2.44. The summed E-state index contributed by atoms with van der Waals surface area (Å²) in [5, 5.41) is 9.06. The van der Waals surface area contributed by atoms with Crippen molar-refractivity contribution in [3.63, 3.8) is 0 Å². The third-order valence-electron chi connectivity index (χ3n) is 4.34. The number of unbranched alkanes of at least 4 members (excludes halogenated alkanes) is 1. The second-order valence-corrected chi connectivity index (χ2v) is 5.91. The van der Waals surface area contributed by atoms with Crippen molar-refractivity contribution in [1.29, 1.82) is 0 Å². The van der Waals surface area contributed by atoms with E-state index >= 15 is 0 Å². The number of hydrogen-bond acceptors (Lipinski definition) is 2. The Bertz CT molecular complexity index is 241. The minimum Gasteiger partial charge on any atom is -0.395 e. The summed E-state index contributed by atoms with van der Waals surface area (Å²) in [6.45, 7) is 5.70. The van der Waals surface area contributed by atoms with Gasteiger partial charge >= 0.3 is 0 Å². The molecule has 0 aromatic carbocycles. The maximum Gasteiger partial charge on any atom is 0.225 e. The van der Waals surface area contributed by atoms with E-state index in [9.17, 15) is 4.79 Å². The maximum absolute atomic E-state index is 12.4. The van der Waals surface area contributed by atoms with Gasteiger partial charge in [-0.2, -0.15) is 0 Å². The Balaban J connectivity index is 2.37. The number of amides is 1. The maximum atomic E-state index is 12.4. The third kappa shape index (κ3) is 5.52. The molecule has 0 aromatic heterocycles. The highest BCUT2D eigenvalue weighted by molar-refractivity contribution is 5.78. The van der Waals surface area contributed by atoms with Crippen LogP contribution in [0.15, 0.2) is 0 Å². The van der Waals surface area contributed by atoms with Crippen molar-refractivity contribution in [2.75, 3.05) is 19.7 Å². The topological polar surface area (TPSA) is 40.5 Å². The van der Waals surface area contributed by atoms with Crippen molar-refractivity contribution >= 4 is 5.91 Å². The molecule has 0 radical (unpaired) electrons. The molecule has 1 amide bonds. The first-order valence-corrected chi connectivity index (χ1v) is 8.12. The zero-order valence-electron chi connectivity index (χ0n) is 12.7. The van der Waals surface area contributed by atoms with Crippen molar-refractivity contribution in [1.82, 2.24) is 4.90 Å². The number of carbonyl (C=O) groups is 1. The van der Waals surface area contributed by atoms with Crippen molar-refractivity contribution in [3.8, 4) is 0 Å². The Morgan fingerprint density at radius 3 is 2.32 bits per heavy atom. The van der Waals surface area contributed by atoms with E-state index in [1.165, 1.54) is 32.1 Å². The lowest BCUT2D eigenvalue weighted by Gasteiger charge is -2.32. The fraction of sp³-hybridized carbons (Fsp3) is 0.938. The van der Waals surface area contributed by atoms with Crippen LogP contribution in [0.25, 0.3) is 0 Å². The van der Waals surface area contributed by atoms with E-state index in [1.807, 2.05) is 4.90 Å². The van der Waals surface area contributed by atoms with Gasteiger partial charge in [0.05, 0.1) is 6.61 Å². The van der Waals surface area contributed by atoms with E-state index in [2.05, 4.69) is 13.8 Å². The van der Waals surface area contributed by atoms with Crippen molar-refractivity contribution in [2.24, 2.45) is 11.8 Å². The molecule has 1 saturated carbocycles. The van der Waals surface area contributed by atoms with Crippen LogP contribution in [0, 0.1) is 11.8 Å². The Morgan fingerprint density at radius 1 is 1.11 bits per heavy atom. The molecule has 0 unspecified atom stereocenters. The molecule has 0 aromatic rings. The Hall–Kier alpha value is -0.570. The van der Waals surface area contributed by atoms with E-state index in [0.29, 0.717) is 6.54 Å². The standard InChI is InChI=1S/C16H31NO2/c1-3-5-6-14-7-9-15(10-8-14)16(19)17(11-4-2)12-13-18/h14-15,18H,3-13H2,1-2H3. The lowest BCUT2D eigenvalue weighted by atomic mass is 9.79. The van der Waals surface area contributed by atoms with Gasteiger partial charge in [0.25, 0.3) is 0 Å². The van der Waals surface area contributed by atoms with Gasteiger partial charge < -0.3 is 10.0 Å². The number of rotatable bonds is 8. The SMILES string of the molecule is CCCCC1CCC(C(=O)N(CCC)CCO)CC1. The third-order valence-corrected chi connectivity index (χ3v) is 4.34. The molecule has 0 spiro atoms. The summed E-state index contributed by atoms with van der Waals surface area (Å²) < 4.78 is 0. The van der Waals surface area contributed by atoms with Crippen LogP contribution in [0.3, 0.4) is 0 Å². The first-order chi connectivity index (χ1) is 9.22. The molecular formula is C16H31NO2. The van der Waals surface area contributed by atoms with Gasteiger partial charge in [-0.1, -0.05) is 33.1 Å². The molecule has 19 heavy (non-hydrogen) atoms. The highest BCUT2D eigenvalue weighted by Crippen LogP contribution is 2.32. The molecule has 112 valence electrons. The second-order valence-electron chi connectivity index (χ2n) is 5.91. The van der Waals surface area contributed by atoms with Crippen molar-refractivity contribution in [3.05, 3.63) is 0 Å². The number of aliphatic hydroxyl groups excluding tert-OH is 1. The fourth-order valence-corrected chi connectivity index (χ4v) is 3.17. The second kappa shape index (κ2) is 9.35. The summed E-state index contributed by atoms with van der Waals surface area (Å²) in [6.07, 6.45) is 9.46. The smallest absolute Gasteiger partial charge is 0.225 e. The van der Waals surface area contributed by atoms with Gasteiger partial charge in [-0.15, -0.1) is 0 Å². The first kappa shape index (κ1) is 16.5. The minimum atomic E-state index is 0.0809. The van der Waals surface area contributed by atoms with Gasteiger partial charge in [0, 0.05) is 19.0 Å². The first-order valence-electron chi connectivity index (χ1n) is 8.12. The predicted octanol–water partition coefficient (Wildman–Crippen LogP) is 3.21. The number of hydrogen-bond donors (Lipinski definition) is 1. The van der Waals surface area contributed by atoms with Crippen molar-refractivity contribution < 1.29 is 9.90 Å². The van der Waals surface area contributed by atoms with Crippen LogP contribution in [-0.4, -0.2) is 35.6 Å². The Kier molecular flexibility index (Phi) is 8.11. The number of aliphatic hydroxyl groups is 1. The Labute approximate surface area is 118 Å². The predicted molar refractivity (Wildman–Crippen MR) is 78.9 cm³/mol. The lowest BCUT2D eigenvalue weighted by molar-refractivity contribution is -0.137. The van der Waals surface area contributed by atoms with Crippen LogP contribution in [0.5, 0.6) is 0 Å². The monoisotopic (exact) mass is 269 g/mol. The van der Waals surface area contributed by atoms with Crippen molar-refractivity contribution in [2.45, 2.75) is 65.2 Å². The van der Waals surface area contributed by atoms with Crippen LogP contribution < -0.4 is 0 Å². The van der Waals surface area contributed by atoms with Gasteiger partial charge in [-0.05, 0) is 38.0 Å². The summed E-state index contributed by atoms with van der Waals surface area (Å²) in [6, 6.07) is 0. The molecular weight excluding hydrogens is 238 g/mol. The van der Waals surface area contributed by atoms with Gasteiger partial charge in [0.1, 0.15) is 0 Å². The van der Waals surface area contributed by atoms with Crippen LogP contribution in [0.4, 0.5) is 0 Å². The average molecular weight is 269 g/mol. The summed E-state index contributed by atoms with van der Waals surface area (Å²) in [4.78, 5) is 14.3. The molecule has 3 nitrogen and oxygen atoms in total. The molecule has 0 atom stereocenters. The summed E-state index contributed by atoms with van der Waals surface area (Å²) >= 11 is 0. The van der Waals surface area contributed by atoms with E-state index < -0.39 is 0 Å². The van der Waals surface area contributed by atoms with E-state index in [1.54, 1.807) is 0 Å². The quantitative estimate of drug-likeness (QED) is 0.735. The molecule has 1 rings (SSSR count). The zero-order chi connectivity index (χ0) is 14.1. The molecule has 0 aliphatic heterocycles. The minimum absolute atomic E-state index is 0.0809. The summed E-state index contributed by atoms with van der Waals surface area (Å²) in [5.41, 5.74) is 0. The normalized spacial score (nSPS) is 23.3. The van der Waals surface area contributed by atoms with Crippen LogP contribution in [0.1, 0.15) is 65.2 Å². The summed E-state index contributed by atoms with van der Waals surface area (Å²) in [5.74, 6) is 1.35. The number of nitrogens with zero attached hydrogens (tertiary/aromatic N) is 1. The molecule has 1 aliphatic rings. The van der Waals surface area contributed by atoms with E-state index in [-0.39, 0.29) is 18.4 Å². The zero-order valence-corrected chi connectivity index (χ0v) is 12.7. The molecule has 0 heterocycles. The van der Waals surface area contributed by atoms with E-state index in [4.69, 9.17) is 5.11 Å².